The van der Waals surface area contributed by atoms with Gasteiger partial charge in [-0.15, -0.1) is 5.10 Å². The summed E-state index contributed by atoms with van der Waals surface area (Å²) >= 11 is 0. The van der Waals surface area contributed by atoms with Crippen LogP contribution in [0.3, 0.4) is 0 Å². The number of ether oxygens (including phenoxy) is 8. The number of unbranched alkanes of at least 4 members (excludes halogenated alkanes) is 13. The molecule has 6 amide bonds. The highest BCUT2D eigenvalue weighted by atomic mass is 32.2. The maximum absolute atomic E-state index is 12.3. The molecule has 30 heteroatoms. The first-order valence-electron chi connectivity index (χ1n) is 29.5. The van der Waals surface area contributed by atoms with E-state index in [1.807, 2.05) is 6.92 Å². The van der Waals surface area contributed by atoms with Crippen LogP contribution >= 0.6 is 9.24 Å². The van der Waals surface area contributed by atoms with E-state index < -0.39 is 15.9 Å². The van der Waals surface area contributed by atoms with E-state index in [9.17, 15) is 42.0 Å². The number of likely N-dealkylation sites (N-methyl/N-ethyl adjacent to an activating group) is 1. The van der Waals surface area contributed by atoms with E-state index in [4.69, 9.17) is 37.9 Å². The maximum atomic E-state index is 12.3. The van der Waals surface area contributed by atoms with Crippen molar-refractivity contribution in [3.8, 4) is 0 Å². The lowest BCUT2D eigenvalue weighted by Gasteiger charge is -2.14. The molecule has 1 rings (SSSR count). The number of carbonyl (C=O) groups excluding carboxylic acids is 7. The summed E-state index contributed by atoms with van der Waals surface area (Å²) in [4.78, 5) is 83.6. The molecule has 2 atom stereocenters. The van der Waals surface area contributed by atoms with Crippen LogP contribution in [0.4, 0.5) is 0 Å². The van der Waals surface area contributed by atoms with Crippen molar-refractivity contribution >= 4 is 60.2 Å². The first kappa shape index (κ1) is 76.6. The lowest BCUT2D eigenvalue weighted by Crippen LogP contribution is -2.34. The lowest BCUT2D eigenvalue weighted by atomic mass is 10.0. The second-order valence-electron chi connectivity index (χ2n) is 19.3. The van der Waals surface area contributed by atoms with E-state index >= 15 is 0 Å². The molecule has 1 heterocycles. The highest BCUT2D eigenvalue weighted by Gasteiger charge is 2.16. The first-order chi connectivity index (χ1) is 40.3. The number of aromatic amines is 1. The van der Waals surface area contributed by atoms with Gasteiger partial charge >= 0.3 is 0 Å². The number of nitrogens with one attached hydrogen (secondary N) is 8. The predicted molar refractivity (Wildman–Crippen MR) is 311 cm³/mol. The highest BCUT2D eigenvalue weighted by molar-refractivity contribution is 7.90. The van der Waals surface area contributed by atoms with Crippen molar-refractivity contribution in [1.82, 2.24) is 57.2 Å². The topological polar surface area (TPSA) is 366 Å². The molecule has 0 aliphatic heterocycles. The van der Waals surface area contributed by atoms with Gasteiger partial charge in [0.15, 0.2) is 5.52 Å². The second-order valence-corrected chi connectivity index (χ2v) is 21.7. The van der Waals surface area contributed by atoms with Crippen molar-refractivity contribution < 1.29 is 79.9 Å². The van der Waals surface area contributed by atoms with Crippen molar-refractivity contribution in [1.29, 1.82) is 0 Å². The third kappa shape index (κ3) is 52.8. The molecule has 1 aromatic heterocycles. The first-order valence-corrected chi connectivity index (χ1v) is 31.8. The number of aromatic nitrogens is 4. The van der Waals surface area contributed by atoms with Crippen molar-refractivity contribution in [2.45, 2.75) is 141 Å². The third-order valence-electron chi connectivity index (χ3n) is 12.0. The molecular weight excluding hydrogens is 1130 g/mol. The van der Waals surface area contributed by atoms with Gasteiger partial charge in [-0.05, 0) is 55.5 Å². The van der Waals surface area contributed by atoms with Crippen LogP contribution < -0.4 is 36.6 Å². The highest BCUT2D eigenvalue weighted by Crippen LogP contribution is 2.14. The monoisotopic (exact) mass is 1230 g/mol. The minimum Gasteiger partial charge on any atom is -0.377 e. The van der Waals surface area contributed by atoms with Crippen LogP contribution in [-0.4, -0.2) is 227 Å². The molecule has 0 aliphatic carbocycles. The minimum atomic E-state index is -3.82. The van der Waals surface area contributed by atoms with Crippen LogP contribution in [0, 0.1) is 0 Å². The van der Waals surface area contributed by atoms with Crippen molar-refractivity contribution in [2.24, 2.45) is 0 Å². The summed E-state index contributed by atoms with van der Waals surface area (Å²) in [6.45, 7) is 6.19. The average Bonchev–Trinajstić information content (AvgIpc) is 4.01. The Labute approximate surface area is 493 Å². The van der Waals surface area contributed by atoms with Gasteiger partial charge in [-0.3, -0.25) is 38.3 Å². The number of nitrogens with zero attached hydrogens (tertiary/aromatic N) is 3. The Hall–Kier alpha value is -4.42. The number of hydrogen-bond acceptors (Lipinski definition) is 21. The molecule has 1 aromatic rings. The molecule has 0 saturated heterocycles. The molecule has 480 valence electrons. The van der Waals surface area contributed by atoms with E-state index in [1.54, 1.807) is 0 Å². The van der Waals surface area contributed by atoms with Gasteiger partial charge in [-0.1, -0.05) is 86.8 Å². The Balaban J connectivity index is 1.81. The van der Waals surface area contributed by atoms with Crippen molar-refractivity contribution in [3.05, 3.63) is 5.82 Å². The standard InChI is InChI=1S/C53H100N11O17PS/c1-2-54-45(53(71)82)19-16-17-23-55-49(67)41-78-36-33-75-29-25-57-51(69)43-80-38-35-77-31-27-59-52(70)44-81-39-34-76-30-26-58-50(68)42-79-37-32-74-28-24-56-47(65)22-18-40-83(72,73)62-48(66)21-15-13-11-9-7-5-3-4-6-8-10-12-14-20-46-60-63-64-61-46/h45,54H,2-44,82H2,1H3,(H,55,67)(H,56,65)(H,57,69)(H,58,68)(H,59,70)(H,62,66)(H,60,61,63,64)/t45-/m0/s1. The number of hydrogen-bond donors (Lipinski definition) is 8. The number of sulfonamides is 1. The fourth-order valence-electron chi connectivity index (χ4n) is 7.68. The zero-order valence-electron chi connectivity index (χ0n) is 49.3. The lowest BCUT2D eigenvalue weighted by molar-refractivity contribution is -0.128. The zero-order valence-corrected chi connectivity index (χ0v) is 51.2. The van der Waals surface area contributed by atoms with Gasteiger partial charge < -0.3 is 69.8 Å². The average molecular weight is 1230 g/mol. The summed E-state index contributed by atoms with van der Waals surface area (Å²) in [7, 11) is -1.62. The Kier molecular flexibility index (Phi) is 51.2. The van der Waals surface area contributed by atoms with E-state index in [-0.39, 0.29) is 198 Å². The number of H-pyrrole nitrogens is 1. The summed E-state index contributed by atoms with van der Waals surface area (Å²) in [5.74, 6) is -1.53. The van der Waals surface area contributed by atoms with Crippen LogP contribution in [0.5, 0.6) is 0 Å². The maximum Gasteiger partial charge on any atom is 0.246 e. The Morgan fingerprint density at radius 3 is 1.25 bits per heavy atom. The largest absolute Gasteiger partial charge is 0.377 e. The smallest absolute Gasteiger partial charge is 0.246 e. The minimum absolute atomic E-state index is 0.0167. The molecule has 0 fully saturated rings. The van der Waals surface area contributed by atoms with Gasteiger partial charge in [0, 0.05) is 52.0 Å². The van der Waals surface area contributed by atoms with Gasteiger partial charge in [0.2, 0.25) is 45.5 Å². The molecular formula is C53H100N11O17PS. The van der Waals surface area contributed by atoms with E-state index in [1.165, 1.54) is 51.4 Å². The molecule has 83 heavy (non-hydrogen) atoms. The predicted octanol–water partition coefficient (Wildman–Crippen LogP) is 0.694. The molecule has 1 unspecified atom stereocenters. The molecule has 0 aromatic carbocycles. The summed E-state index contributed by atoms with van der Waals surface area (Å²) < 4.78 is 69.5. The SMILES string of the molecule is CCN[C@@H](CCCCNC(=O)COCCOCCNC(=O)COCCOCCNC(=O)COCCOCCNC(=O)COCCOCCNC(=O)CCCS(=O)(=O)NC(=O)CCCCCCCCCCCCCCCc1nnn[nH]1)C(=O)P. The Morgan fingerprint density at radius 2 is 0.843 bits per heavy atom. The van der Waals surface area contributed by atoms with Crippen LogP contribution in [0.15, 0.2) is 0 Å². The van der Waals surface area contributed by atoms with E-state index in [2.05, 4.69) is 66.5 Å². The molecule has 0 spiro atoms. The fraction of sp³-hybridized carbons (Fsp3) is 0.849. The van der Waals surface area contributed by atoms with Gasteiger partial charge in [0.25, 0.3) is 0 Å². The van der Waals surface area contributed by atoms with Gasteiger partial charge in [-0.25, -0.2) is 13.5 Å². The number of carbonyl (C=O) groups is 7. The van der Waals surface area contributed by atoms with Crippen LogP contribution in [0.25, 0.3) is 0 Å². The summed E-state index contributed by atoms with van der Waals surface area (Å²) in [6, 6.07) is -0.178. The number of amides is 6. The van der Waals surface area contributed by atoms with Crippen LogP contribution in [0.1, 0.15) is 135 Å². The second kappa shape index (κ2) is 55.5. The molecule has 0 radical (unpaired) electrons. The Bertz CT molecular complexity index is 1930. The van der Waals surface area contributed by atoms with Gasteiger partial charge in [0.1, 0.15) is 32.3 Å². The molecule has 8 N–H and O–H groups in total. The van der Waals surface area contributed by atoms with Crippen LogP contribution in [0.2, 0.25) is 0 Å². The molecule has 0 bridgehead atoms. The number of tetrazole rings is 1. The van der Waals surface area contributed by atoms with Gasteiger partial charge in [-0.2, -0.15) is 0 Å². The summed E-state index contributed by atoms with van der Waals surface area (Å²) in [5, 5.41) is 30.4. The molecule has 0 aliphatic rings. The number of rotatable bonds is 61. The van der Waals surface area contributed by atoms with Crippen molar-refractivity contribution in [2.75, 3.05) is 151 Å². The van der Waals surface area contributed by atoms with Gasteiger partial charge in [0.05, 0.1) is 91.1 Å². The molecule has 28 nitrogen and oxygen atoms in total. The summed E-state index contributed by atoms with van der Waals surface area (Å²) in [6.07, 6.45) is 18.0. The fourth-order valence-corrected chi connectivity index (χ4v) is 9.04. The van der Waals surface area contributed by atoms with Crippen LogP contribution in [-0.2, 0) is 87.9 Å². The molecule has 0 saturated carbocycles. The Morgan fingerprint density at radius 1 is 0.458 bits per heavy atom. The van der Waals surface area contributed by atoms with E-state index in [0.29, 0.717) is 19.4 Å². The normalized spacial score (nSPS) is 11.7. The summed E-state index contributed by atoms with van der Waals surface area (Å²) in [5.41, 5.74) is 0.0338. The zero-order chi connectivity index (χ0) is 60.5. The van der Waals surface area contributed by atoms with E-state index in [0.717, 1.165) is 57.3 Å². The third-order valence-corrected chi connectivity index (χ3v) is 13.8. The van der Waals surface area contributed by atoms with Crippen molar-refractivity contribution in [3.63, 3.8) is 0 Å². The number of aryl methyl sites for hydroxylation is 1. The quantitative estimate of drug-likeness (QED) is 0.0329.